The van der Waals surface area contributed by atoms with E-state index in [-0.39, 0.29) is 16.7 Å². The van der Waals surface area contributed by atoms with Crippen LogP contribution in [-0.4, -0.2) is 31.0 Å². The summed E-state index contributed by atoms with van der Waals surface area (Å²) in [5.74, 6) is -0.474. The Morgan fingerprint density at radius 1 is 0.946 bits per heavy atom. The van der Waals surface area contributed by atoms with Gasteiger partial charge in [-0.25, -0.2) is 0 Å². The molecule has 0 radical (unpaired) electrons. The van der Waals surface area contributed by atoms with E-state index in [2.05, 4.69) is 0 Å². The molecule has 1 heterocycles. The van der Waals surface area contributed by atoms with Crippen molar-refractivity contribution in [1.29, 1.82) is 0 Å². The SMILES string of the molecule is COc1ccc(C2/C(=C(/O)c3ccc(OC)c(C(C)(C)C)c3)C(=O)C(=O)N2c2ccc(C)c(Cl)c2)cc1. The van der Waals surface area contributed by atoms with Gasteiger partial charge in [0, 0.05) is 21.8 Å². The molecule has 192 valence electrons. The number of ketones is 1. The highest BCUT2D eigenvalue weighted by molar-refractivity contribution is 6.51. The minimum absolute atomic E-state index is 0.00288. The van der Waals surface area contributed by atoms with E-state index in [1.165, 1.54) is 4.90 Å². The highest BCUT2D eigenvalue weighted by atomic mass is 35.5. The van der Waals surface area contributed by atoms with Gasteiger partial charge < -0.3 is 14.6 Å². The smallest absolute Gasteiger partial charge is 0.300 e. The molecule has 4 rings (SSSR count). The molecule has 1 aliphatic rings. The average molecular weight is 520 g/mol. The maximum atomic E-state index is 13.5. The molecule has 0 saturated carbocycles. The molecule has 1 fully saturated rings. The first-order chi connectivity index (χ1) is 17.5. The molecule has 1 saturated heterocycles. The predicted octanol–water partition coefficient (Wildman–Crippen LogP) is 6.59. The van der Waals surface area contributed by atoms with Gasteiger partial charge in [-0.2, -0.15) is 0 Å². The number of carbonyl (C=O) groups is 2. The number of rotatable bonds is 5. The van der Waals surface area contributed by atoms with Gasteiger partial charge in [0.2, 0.25) is 0 Å². The lowest BCUT2D eigenvalue weighted by Gasteiger charge is -2.26. The number of hydrogen-bond donors (Lipinski definition) is 1. The lowest BCUT2D eigenvalue weighted by Crippen LogP contribution is -2.29. The summed E-state index contributed by atoms with van der Waals surface area (Å²) in [6, 6.07) is 16.6. The number of amides is 1. The fourth-order valence-electron chi connectivity index (χ4n) is 4.53. The number of anilines is 1. The fraction of sp³-hybridized carbons (Fsp3) is 0.267. The molecule has 0 aromatic heterocycles. The Hall–Kier alpha value is -3.77. The van der Waals surface area contributed by atoms with Crippen molar-refractivity contribution in [3.63, 3.8) is 0 Å². The van der Waals surface area contributed by atoms with Crippen molar-refractivity contribution in [2.45, 2.75) is 39.2 Å². The van der Waals surface area contributed by atoms with Crippen LogP contribution in [0.15, 0.2) is 66.2 Å². The van der Waals surface area contributed by atoms with Crippen molar-refractivity contribution in [2.75, 3.05) is 19.1 Å². The zero-order valence-electron chi connectivity index (χ0n) is 21.8. The zero-order chi connectivity index (χ0) is 27.1. The molecule has 0 spiro atoms. The van der Waals surface area contributed by atoms with Crippen LogP contribution in [0.5, 0.6) is 11.5 Å². The van der Waals surface area contributed by atoms with E-state index in [0.29, 0.717) is 33.3 Å². The number of benzene rings is 3. The number of aliphatic hydroxyl groups is 1. The second-order valence-corrected chi connectivity index (χ2v) is 10.4. The van der Waals surface area contributed by atoms with E-state index in [1.54, 1.807) is 74.9 Å². The number of nitrogens with zero attached hydrogens (tertiary/aromatic N) is 1. The second-order valence-electron chi connectivity index (χ2n) is 10.0. The van der Waals surface area contributed by atoms with E-state index >= 15 is 0 Å². The Morgan fingerprint density at radius 3 is 2.19 bits per heavy atom. The van der Waals surface area contributed by atoms with Crippen LogP contribution < -0.4 is 14.4 Å². The minimum atomic E-state index is -0.870. The number of aryl methyl sites for hydroxylation is 1. The second kappa shape index (κ2) is 9.94. The molecule has 1 atom stereocenters. The number of halogens is 1. The summed E-state index contributed by atoms with van der Waals surface area (Å²) in [5.41, 5.74) is 2.93. The summed E-state index contributed by atoms with van der Waals surface area (Å²) in [7, 11) is 3.15. The summed E-state index contributed by atoms with van der Waals surface area (Å²) >= 11 is 6.38. The molecule has 1 N–H and O–H groups in total. The van der Waals surface area contributed by atoms with E-state index in [0.717, 1.165) is 11.1 Å². The molecule has 1 amide bonds. The van der Waals surface area contributed by atoms with Gasteiger partial charge in [0.1, 0.15) is 17.3 Å². The van der Waals surface area contributed by atoms with E-state index in [1.807, 2.05) is 27.7 Å². The quantitative estimate of drug-likeness (QED) is 0.234. The first-order valence-corrected chi connectivity index (χ1v) is 12.3. The van der Waals surface area contributed by atoms with Crippen LogP contribution in [0.2, 0.25) is 5.02 Å². The summed E-state index contributed by atoms with van der Waals surface area (Å²) in [6.45, 7) is 7.96. The summed E-state index contributed by atoms with van der Waals surface area (Å²) in [6.07, 6.45) is 0. The van der Waals surface area contributed by atoms with Gasteiger partial charge in [0.05, 0.1) is 25.8 Å². The van der Waals surface area contributed by atoms with E-state index in [4.69, 9.17) is 21.1 Å². The van der Waals surface area contributed by atoms with Crippen LogP contribution in [-0.2, 0) is 15.0 Å². The molecule has 7 heteroatoms. The van der Waals surface area contributed by atoms with E-state index < -0.39 is 17.7 Å². The largest absolute Gasteiger partial charge is 0.507 e. The monoisotopic (exact) mass is 519 g/mol. The molecular weight excluding hydrogens is 490 g/mol. The third-order valence-electron chi connectivity index (χ3n) is 6.59. The molecule has 6 nitrogen and oxygen atoms in total. The lowest BCUT2D eigenvalue weighted by molar-refractivity contribution is -0.132. The van der Waals surface area contributed by atoms with Crippen LogP contribution >= 0.6 is 11.6 Å². The summed E-state index contributed by atoms with van der Waals surface area (Å²) in [4.78, 5) is 28.3. The first-order valence-electron chi connectivity index (χ1n) is 11.9. The van der Waals surface area contributed by atoms with Crippen molar-refractivity contribution in [1.82, 2.24) is 0 Å². The van der Waals surface area contributed by atoms with Crippen LogP contribution in [0.3, 0.4) is 0 Å². The number of aliphatic hydroxyl groups excluding tert-OH is 1. The zero-order valence-corrected chi connectivity index (χ0v) is 22.5. The Bertz CT molecular complexity index is 1400. The molecule has 3 aromatic carbocycles. The van der Waals surface area contributed by atoms with Gasteiger partial charge in [0.15, 0.2) is 0 Å². The molecule has 3 aromatic rings. The van der Waals surface area contributed by atoms with Crippen molar-refractivity contribution in [2.24, 2.45) is 0 Å². The van der Waals surface area contributed by atoms with Crippen LogP contribution in [0.1, 0.15) is 49.1 Å². The lowest BCUT2D eigenvalue weighted by atomic mass is 9.84. The first kappa shape index (κ1) is 26.3. The average Bonchev–Trinajstić information content (AvgIpc) is 3.14. The van der Waals surface area contributed by atoms with Crippen molar-refractivity contribution in [3.8, 4) is 11.5 Å². The number of Topliss-reactive ketones (excluding diaryl/α,β-unsaturated/α-hetero) is 1. The molecular formula is C30H30ClNO5. The Morgan fingerprint density at radius 2 is 1.62 bits per heavy atom. The highest BCUT2D eigenvalue weighted by Gasteiger charge is 2.47. The third-order valence-corrected chi connectivity index (χ3v) is 7.00. The fourth-order valence-corrected chi connectivity index (χ4v) is 4.70. The maximum Gasteiger partial charge on any atom is 0.300 e. The minimum Gasteiger partial charge on any atom is -0.507 e. The van der Waals surface area contributed by atoms with Crippen molar-refractivity contribution in [3.05, 3.63) is 93.5 Å². The van der Waals surface area contributed by atoms with Gasteiger partial charge in [-0.3, -0.25) is 14.5 Å². The molecule has 1 unspecified atom stereocenters. The third kappa shape index (κ3) is 4.81. The van der Waals surface area contributed by atoms with Crippen LogP contribution in [0, 0.1) is 6.92 Å². The van der Waals surface area contributed by atoms with Crippen LogP contribution in [0.25, 0.3) is 5.76 Å². The van der Waals surface area contributed by atoms with Gasteiger partial charge >= 0.3 is 0 Å². The number of hydrogen-bond acceptors (Lipinski definition) is 5. The van der Waals surface area contributed by atoms with Gasteiger partial charge in [-0.05, 0) is 65.9 Å². The number of ether oxygens (including phenoxy) is 2. The van der Waals surface area contributed by atoms with Crippen molar-refractivity contribution < 1.29 is 24.2 Å². The standard InChI is InChI=1S/C30H30ClNO5/c1-17-7-11-20(16-23(17)31)32-26(18-8-12-21(36-5)13-9-18)25(28(34)29(32)35)27(33)19-10-14-24(37-6)22(15-19)30(2,3)4/h7-16,26,33H,1-6H3/b27-25-. The highest BCUT2D eigenvalue weighted by Crippen LogP contribution is 2.44. The molecule has 1 aliphatic heterocycles. The Labute approximate surface area is 222 Å². The predicted molar refractivity (Wildman–Crippen MR) is 146 cm³/mol. The topological polar surface area (TPSA) is 76.1 Å². The van der Waals surface area contributed by atoms with E-state index in [9.17, 15) is 14.7 Å². The normalized spacial score (nSPS) is 17.3. The Kier molecular flexibility index (Phi) is 7.07. The number of carbonyl (C=O) groups excluding carboxylic acids is 2. The van der Waals surface area contributed by atoms with Gasteiger partial charge in [0.25, 0.3) is 11.7 Å². The van der Waals surface area contributed by atoms with Gasteiger partial charge in [-0.1, -0.05) is 50.6 Å². The molecule has 0 bridgehead atoms. The van der Waals surface area contributed by atoms with Crippen molar-refractivity contribution >= 4 is 34.7 Å². The van der Waals surface area contributed by atoms with Gasteiger partial charge in [-0.15, -0.1) is 0 Å². The maximum absolute atomic E-state index is 13.5. The Balaban J connectivity index is 1.96. The molecule has 37 heavy (non-hydrogen) atoms. The molecule has 0 aliphatic carbocycles. The van der Waals surface area contributed by atoms with Crippen LogP contribution in [0.4, 0.5) is 5.69 Å². The number of methoxy groups -OCH3 is 2. The summed E-state index contributed by atoms with van der Waals surface area (Å²) < 4.78 is 10.8. The summed E-state index contributed by atoms with van der Waals surface area (Å²) in [5, 5.41) is 12.0.